The highest BCUT2D eigenvalue weighted by Crippen LogP contribution is 2.14. The Labute approximate surface area is 172 Å². The molecule has 0 aliphatic heterocycles. The first-order chi connectivity index (χ1) is 13.3. The molecule has 0 aromatic heterocycles. The Kier molecular flexibility index (Phi) is 23.9. The van der Waals surface area contributed by atoms with Crippen LogP contribution in [0, 0.1) is 0 Å². The van der Waals surface area contributed by atoms with E-state index in [9.17, 15) is 5.11 Å². The molecular weight excluding hydrogens is 330 g/mol. The van der Waals surface area contributed by atoms with Crippen LogP contribution in [0.2, 0.25) is 0 Å². The number of hydrogen-bond acceptors (Lipinski definition) is 2. The van der Waals surface area contributed by atoms with Crippen LogP contribution in [0.25, 0.3) is 0 Å². The van der Waals surface area contributed by atoms with E-state index in [0.717, 1.165) is 13.0 Å². The first-order valence-corrected chi connectivity index (χ1v) is 12.7. The molecule has 2 nitrogen and oxygen atoms in total. The van der Waals surface area contributed by atoms with Crippen LogP contribution >= 0.6 is 0 Å². The summed E-state index contributed by atoms with van der Waals surface area (Å²) in [5.74, 6) is 0. The van der Waals surface area contributed by atoms with Gasteiger partial charge in [-0.15, -0.1) is 0 Å². The summed E-state index contributed by atoms with van der Waals surface area (Å²) in [4.78, 5) is 0. The zero-order chi connectivity index (χ0) is 19.8. The van der Waals surface area contributed by atoms with Crippen molar-refractivity contribution >= 4 is 0 Å². The molecule has 2 N–H and O–H groups in total. The van der Waals surface area contributed by atoms with E-state index in [1.165, 1.54) is 128 Å². The smallest absolute Gasteiger partial charge is 0.104 e. The molecule has 0 aromatic rings. The maximum atomic E-state index is 9.41. The number of aliphatic hydroxyl groups is 1. The van der Waals surface area contributed by atoms with Crippen LogP contribution in [-0.4, -0.2) is 17.9 Å². The van der Waals surface area contributed by atoms with Crippen molar-refractivity contribution in [2.24, 2.45) is 0 Å². The third-order valence-electron chi connectivity index (χ3n) is 5.80. The fourth-order valence-corrected chi connectivity index (χ4v) is 3.79. The lowest BCUT2D eigenvalue weighted by atomic mass is 10.0. The summed E-state index contributed by atoms with van der Waals surface area (Å²) in [6, 6.07) is 0. The van der Waals surface area contributed by atoms with Crippen molar-refractivity contribution in [3.05, 3.63) is 0 Å². The van der Waals surface area contributed by atoms with E-state index in [0.29, 0.717) is 0 Å². The lowest BCUT2D eigenvalue weighted by molar-refractivity contribution is 0.133. The average Bonchev–Trinajstić information content (AvgIpc) is 2.68. The third-order valence-corrected chi connectivity index (χ3v) is 5.80. The standard InChI is InChI=1S/C25H53NO/c1-3-5-6-7-8-9-10-11-12-13-14-15-16-17-18-19-20-21-22-23-24-26-25(27)4-2/h25-27H,3-24H2,1-2H3. The maximum Gasteiger partial charge on any atom is 0.104 e. The van der Waals surface area contributed by atoms with Crippen LogP contribution in [0.5, 0.6) is 0 Å². The van der Waals surface area contributed by atoms with E-state index in [2.05, 4.69) is 12.2 Å². The summed E-state index contributed by atoms with van der Waals surface area (Å²) in [6.07, 6.45) is 29.0. The van der Waals surface area contributed by atoms with Crippen molar-refractivity contribution in [3.8, 4) is 0 Å². The van der Waals surface area contributed by atoms with Crippen LogP contribution in [0.15, 0.2) is 0 Å². The SMILES string of the molecule is CCCCCCCCCCCCCCCCCCCCCCNC(O)CC. The number of unbranched alkanes of at least 4 members (excludes halogenated alkanes) is 19. The van der Waals surface area contributed by atoms with Gasteiger partial charge in [0.25, 0.3) is 0 Å². The van der Waals surface area contributed by atoms with Crippen molar-refractivity contribution < 1.29 is 5.11 Å². The molecule has 1 unspecified atom stereocenters. The van der Waals surface area contributed by atoms with Crippen LogP contribution in [0.4, 0.5) is 0 Å². The monoisotopic (exact) mass is 383 g/mol. The summed E-state index contributed by atoms with van der Waals surface area (Å²) >= 11 is 0. The molecule has 0 amide bonds. The highest BCUT2D eigenvalue weighted by molar-refractivity contribution is 4.53. The fraction of sp³-hybridized carbons (Fsp3) is 1.00. The van der Waals surface area contributed by atoms with Crippen LogP contribution in [0.1, 0.15) is 149 Å². The first-order valence-electron chi connectivity index (χ1n) is 12.7. The van der Waals surface area contributed by atoms with Gasteiger partial charge in [-0.25, -0.2) is 0 Å². The van der Waals surface area contributed by atoms with Gasteiger partial charge in [-0.2, -0.15) is 0 Å². The van der Waals surface area contributed by atoms with Gasteiger partial charge < -0.3 is 5.11 Å². The summed E-state index contributed by atoms with van der Waals surface area (Å²) in [5.41, 5.74) is 0. The largest absolute Gasteiger partial charge is 0.379 e. The molecule has 0 fully saturated rings. The van der Waals surface area contributed by atoms with E-state index in [4.69, 9.17) is 0 Å². The Morgan fingerprint density at radius 1 is 0.481 bits per heavy atom. The highest BCUT2D eigenvalue weighted by atomic mass is 16.3. The molecule has 164 valence electrons. The van der Waals surface area contributed by atoms with Crippen molar-refractivity contribution in [1.29, 1.82) is 0 Å². The molecule has 2 heteroatoms. The van der Waals surface area contributed by atoms with Gasteiger partial charge in [0.1, 0.15) is 6.23 Å². The van der Waals surface area contributed by atoms with E-state index in [1.807, 2.05) is 6.92 Å². The molecule has 0 radical (unpaired) electrons. The second-order valence-electron chi connectivity index (χ2n) is 8.60. The Balaban J connectivity index is 2.99. The van der Waals surface area contributed by atoms with Gasteiger partial charge in [0.05, 0.1) is 0 Å². The zero-order valence-electron chi connectivity index (χ0n) is 19.1. The van der Waals surface area contributed by atoms with Crippen LogP contribution in [0.3, 0.4) is 0 Å². The van der Waals surface area contributed by atoms with Crippen LogP contribution < -0.4 is 5.32 Å². The minimum Gasteiger partial charge on any atom is -0.379 e. The maximum absolute atomic E-state index is 9.41. The molecule has 1 atom stereocenters. The first kappa shape index (κ1) is 26.9. The van der Waals surface area contributed by atoms with Gasteiger partial charge in [-0.3, -0.25) is 5.32 Å². The van der Waals surface area contributed by atoms with Crippen molar-refractivity contribution in [2.45, 2.75) is 155 Å². The van der Waals surface area contributed by atoms with Crippen molar-refractivity contribution in [2.75, 3.05) is 6.54 Å². The molecular formula is C25H53NO. The molecule has 0 heterocycles. The third kappa shape index (κ3) is 23.9. The second kappa shape index (κ2) is 24.0. The summed E-state index contributed by atoms with van der Waals surface area (Å²) in [5, 5.41) is 12.6. The average molecular weight is 384 g/mol. The second-order valence-corrected chi connectivity index (χ2v) is 8.60. The van der Waals surface area contributed by atoms with Gasteiger partial charge in [0.15, 0.2) is 0 Å². The molecule has 0 rings (SSSR count). The molecule has 0 aliphatic carbocycles. The van der Waals surface area contributed by atoms with E-state index >= 15 is 0 Å². The summed E-state index contributed by atoms with van der Waals surface area (Å²) in [6.45, 7) is 5.27. The normalized spacial score (nSPS) is 12.6. The van der Waals surface area contributed by atoms with E-state index in [-0.39, 0.29) is 6.23 Å². The minimum atomic E-state index is -0.301. The predicted octanol–water partition coefficient (Wildman–Crippen LogP) is 8.13. The van der Waals surface area contributed by atoms with Crippen molar-refractivity contribution in [3.63, 3.8) is 0 Å². The Bertz CT molecular complexity index is 257. The predicted molar refractivity (Wildman–Crippen MR) is 122 cm³/mol. The van der Waals surface area contributed by atoms with Crippen LogP contribution in [-0.2, 0) is 0 Å². The summed E-state index contributed by atoms with van der Waals surface area (Å²) in [7, 11) is 0. The molecule has 0 saturated heterocycles. The number of nitrogens with one attached hydrogen (secondary N) is 1. The molecule has 0 spiro atoms. The van der Waals surface area contributed by atoms with Gasteiger partial charge in [0.2, 0.25) is 0 Å². The number of rotatable bonds is 23. The Morgan fingerprint density at radius 2 is 0.778 bits per heavy atom. The quantitative estimate of drug-likeness (QED) is 0.138. The lowest BCUT2D eigenvalue weighted by Gasteiger charge is -2.09. The Morgan fingerprint density at radius 3 is 1.07 bits per heavy atom. The number of hydrogen-bond donors (Lipinski definition) is 2. The molecule has 0 aliphatic rings. The number of aliphatic hydroxyl groups excluding tert-OH is 1. The summed E-state index contributed by atoms with van der Waals surface area (Å²) < 4.78 is 0. The van der Waals surface area contributed by atoms with Gasteiger partial charge in [-0.1, -0.05) is 136 Å². The molecule has 0 aromatic carbocycles. The molecule has 0 saturated carbocycles. The topological polar surface area (TPSA) is 32.3 Å². The van der Waals surface area contributed by atoms with E-state index in [1.54, 1.807) is 0 Å². The fourth-order valence-electron chi connectivity index (χ4n) is 3.79. The zero-order valence-corrected chi connectivity index (χ0v) is 19.1. The van der Waals surface area contributed by atoms with Gasteiger partial charge in [-0.05, 0) is 19.4 Å². The van der Waals surface area contributed by atoms with Gasteiger partial charge >= 0.3 is 0 Å². The molecule has 27 heavy (non-hydrogen) atoms. The van der Waals surface area contributed by atoms with Crippen molar-refractivity contribution in [1.82, 2.24) is 5.32 Å². The van der Waals surface area contributed by atoms with E-state index < -0.39 is 0 Å². The van der Waals surface area contributed by atoms with Gasteiger partial charge in [0, 0.05) is 0 Å². The highest BCUT2D eigenvalue weighted by Gasteiger charge is 1.98. The lowest BCUT2D eigenvalue weighted by Crippen LogP contribution is -2.28. The Hall–Kier alpha value is -0.0800. The minimum absolute atomic E-state index is 0.301. The molecule has 0 bridgehead atoms.